The second-order valence-corrected chi connectivity index (χ2v) is 9.71. The van der Waals surface area contributed by atoms with Gasteiger partial charge < -0.3 is 0 Å². The Morgan fingerprint density at radius 3 is 2.48 bits per heavy atom. The monoisotopic (exact) mass is 348 g/mol. The predicted octanol–water partition coefficient (Wildman–Crippen LogP) is 2.63. The Balaban J connectivity index is 1.55. The van der Waals surface area contributed by atoms with E-state index in [0.29, 0.717) is 23.7 Å². The molecule has 0 aliphatic heterocycles. The molecule has 0 spiro atoms. The maximum Gasteiger partial charge on any atom is 0.300 e. The number of halogens is 1. The van der Waals surface area contributed by atoms with Crippen molar-refractivity contribution in [3.63, 3.8) is 0 Å². The van der Waals surface area contributed by atoms with Gasteiger partial charge >= 0.3 is 0 Å². The first kappa shape index (κ1) is 13.9. The molecule has 1 aromatic rings. The number of hydrogen-bond acceptors (Lipinski definition) is 5. The van der Waals surface area contributed by atoms with Gasteiger partial charge in [-0.3, -0.25) is 10.1 Å². The first-order valence-electron chi connectivity index (χ1n) is 6.84. The minimum absolute atomic E-state index is 0.0150. The highest BCUT2D eigenvalue weighted by atomic mass is 35.5. The highest BCUT2D eigenvalue weighted by Crippen LogP contribution is 2.65. The Morgan fingerprint density at radius 1 is 1.33 bits per heavy atom. The largest absolute Gasteiger partial charge is 0.300 e. The van der Waals surface area contributed by atoms with Crippen LogP contribution in [-0.2, 0) is 10.0 Å². The summed E-state index contributed by atoms with van der Waals surface area (Å²) < 4.78 is 27.3. The summed E-state index contributed by atoms with van der Waals surface area (Å²) >= 11 is 6.47. The van der Waals surface area contributed by atoms with Crippen molar-refractivity contribution in [1.82, 2.24) is 4.72 Å². The number of thiophene rings is 1. The van der Waals surface area contributed by atoms with Crippen LogP contribution in [0.5, 0.6) is 0 Å². The van der Waals surface area contributed by atoms with Crippen molar-refractivity contribution in [2.75, 3.05) is 0 Å². The van der Waals surface area contributed by atoms with Crippen LogP contribution in [0.2, 0.25) is 4.34 Å². The summed E-state index contributed by atoms with van der Waals surface area (Å²) in [4.78, 5) is 10.1. The van der Waals surface area contributed by atoms with Crippen LogP contribution < -0.4 is 4.72 Å². The van der Waals surface area contributed by atoms with Crippen LogP contribution in [0.25, 0.3) is 0 Å². The summed E-state index contributed by atoms with van der Waals surface area (Å²) in [5.74, 6) is 2.27. The van der Waals surface area contributed by atoms with Crippen LogP contribution >= 0.6 is 22.9 Å². The molecule has 0 aromatic carbocycles. The van der Waals surface area contributed by atoms with Gasteiger partial charge in [-0.2, -0.15) is 0 Å². The molecular weight excluding hydrogens is 336 g/mol. The van der Waals surface area contributed by atoms with Gasteiger partial charge in [0, 0.05) is 12.1 Å². The van der Waals surface area contributed by atoms with Crippen molar-refractivity contribution in [1.29, 1.82) is 0 Å². The van der Waals surface area contributed by atoms with Gasteiger partial charge in [0.25, 0.3) is 15.7 Å². The number of nitro groups is 1. The molecule has 6 nitrogen and oxygen atoms in total. The standard InChI is InChI=1S/C12H13ClN2O4S2/c13-12-7(15(16)17)4-8(20-12)21(18,19)14-11-9-5-1-2-6(3-5)10(9)11/h4-6,9-11,14H,1-3H2. The zero-order chi connectivity index (χ0) is 14.9. The van der Waals surface area contributed by atoms with E-state index in [1.807, 2.05) is 0 Å². The third kappa shape index (κ3) is 2.03. The molecule has 3 fully saturated rings. The highest BCUT2D eigenvalue weighted by Gasteiger charge is 2.65. The van der Waals surface area contributed by atoms with Gasteiger partial charge in [0.05, 0.1) is 4.92 Å². The lowest BCUT2D eigenvalue weighted by Gasteiger charge is -2.09. The van der Waals surface area contributed by atoms with Gasteiger partial charge in [0.1, 0.15) is 4.21 Å². The van der Waals surface area contributed by atoms with E-state index in [1.54, 1.807) is 0 Å². The van der Waals surface area contributed by atoms with Crippen molar-refractivity contribution < 1.29 is 13.3 Å². The molecule has 3 aliphatic rings. The quantitative estimate of drug-likeness (QED) is 0.669. The van der Waals surface area contributed by atoms with Gasteiger partial charge in [-0.05, 0) is 42.9 Å². The molecule has 9 heteroatoms. The summed E-state index contributed by atoms with van der Waals surface area (Å²) in [7, 11) is -3.71. The average molecular weight is 349 g/mol. The van der Waals surface area contributed by atoms with Gasteiger partial charge in [-0.25, -0.2) is 13.1 Å². The number of sulfonamides is 1. The molecule has 4 rings (SSSR count). The normalized spacial score (nSPS) is 36.7. The number of hydrogen-bond donors (Lipinski definition) is 1. The zero-order valence-electron chi connectivity index (χ0n) is 10.9. The van der Waals surface area contributed by atoms with Gasteiger partial charge in [-0.1, -0.05) is 11.6 Å². The number of nitrogens with one attached hydrogen (secondary N) is 1. The number of rotatable bonds is 4. The Kier molecular flexibility index (Phi) is 2.92. The molecule has 0 radical (unpaired) electrons. The van der Waals surface area contributed by atoms with Crippen LogP contribution in [-0.4, -0.2) is 19.4 Å². The van der Waals surface area contributed by atoms with Gasteiger partial charge in [0.15, 0.2) is 4.34 Å². The molecule has 4 unspecified atom stereocenters. The molecule has 114 valence electrons. The predicted molar refractivity (Wildman–Crippen MR) is 77.9 cm³/mol. The molecule has 3 aliphatic carbocycles. The minimum Gasteiger partial charge on any atom is -0.258 e. The lowest BCUT2D eigenvalue weighted by Crippen LogP contribution is -2.29. The summed E-state index contributed by atoms with van der Waals surface area (Å²) in [5.41, 5.74) is -0.349. The maximum atomic E-state index is 12.4. The Morgan fingerprint density at radius 2 is 1.95 bits per heavy atom. The SMILES string of the molecule is O=[N+]([O-])c1cc(S(=O)(=O)NC2C3C4CCC(C4)C23)sc1Cl. The molecule has 4 atom stereocenters. The highest BCUT2D eigenvalue weighted by molar-refractivity contribution is 7.91. The lowest BCUT2D eigenvalue weighted by atomic mass is 10.0. The fourth-order valence-corrected chi connectivity index (χ4v) is 7.30. The second kappa shape index (κ2) is 4.41. The average Bonchev–Trinajstić information content (AvgIpc) is 2.82. The van der Waals surface area contributed by atoms with E-state index >= 15 is 0 Å². The Bertz CT molecular complexity index is 716. The van der Waals surface area contributed by atoms with E-state index < -0.39 is 14.9 Å². The summed E-state index contributed by atoms with van der Waals surface area (Å²) in [5, 5.41) is 10.8. The van der Waals surface area contributed by atoms with Crippen molar-refractivity contribution in [2.24, 2.45) is 23.7 Å². The van der Waals surface area contributed by atoms with E-state index in [0.717, 1.165) is 17.4 Å². The fourth-order valence-electron chi connectivity index (χ4n) is 4.32. The summed E-state index contributed by atoms with van der Waals surface area (Å²) in [6, 6.07) is 1.06. The minimum atomic E-state index is -3.71. The van der Waals surface area contributed by atoms with E-state index in [1.165, 1.54) is 19.3 Å². The zero-order valence-corrected chi connectivity index (χ0v) is 13.2. The molecule has 0 amide bonds. The maximum absolute atomic E-state index is 12.4. The molecule has 0 saturated heterocycles. The Labute approximate surface area is 130 Å². The molecule has 1 heterocycles. The number of nitrogens with zero attached hydrogens (tertiary/aromatic N) is 1. The van der Waals surface area contributed by atoms with Gasteiger partial charge in [-0.15, -0.1) is 11.3 Å². The van der Waals surface area contributed by atoms with E-state index in [2.05, 4.69) is 4.72 Å². The molecular formula is C12H13ClN2O4S2. The van der Waals surface area contributed by atoms with E-state index in [9.17, 15) is 18.5 Å². The second-order valence-electron chi connectivity index (χ2n) is 6.12. The molecule has 2 bridgehead atoms. The molecule has 1 aromatic heterocycles. The molecule has 3 saturated carbocycles. The van der Waals surface area contributed by atoms with Crippen LogP contribution in [0.1, 0.15) is 19.3 Å². The van der Waals surface area contributed by atoms with Crippen LogP contribution in [0, 0.1) is 33.8 Å². The summed E-state index contributed by atoms with van der Waals surface area (Å²) in [6.07, 6.45) is 3.66. The van der Waals surface area contributed by atoms with Gasteiger partial charge in [0.2, 0.25) is 0 Å². The first-order valence-corrected chi connectivity index (χ1v) is 9.52. The van der Waals surface area contributed by atoms with Crippen LogP contribution in [0.3, 0.4) is 0 Å². The molecule has 1 N–H and O–H groups in total. The van der Waals surface area contributed by atoms with Crippen LogP contribution in [0.15, 0.2) is 10.3 Å². The number of fused-ring (bicyclic) bond motifs is 5. The lowest BCUT2D eigenvalue weighted by molar-refractivity contribution is -0.384. The first-order chi connectivity index (χ1) is 9.88. The van der Waals surface area contributed by atoms with Crippen LogP contribution in [0.4, 0.5) is 5.69 Å². The van der Waals surface area contributed by atoms with Crippen molar-refractivity contribution in [2.45, 2.75) is 29.5 Å². The van der Waals surface area contributed by atoms with Crippen molar-refractivity contribution in [3.8, 4) is 0 Å². The van der Waals surface area contributed by atoms with E-state index in [-0.39, 0.29) is 20.3 Å². The van der Waals surface area contributed by atoms with Crippen molar-refractivity contribution >= 4 is 38.6 Å². The summed E-state index contributed by atoms with van der Waals surface area (Å²) in [6.45, 7) is 0. The van der Waals surface area contributed by atoms with E-state index in [4.69, 9.17) is 11.6 Å². The molecule has 21 heavy (non-hydrogen) atoms. The smallest absolute Gasteiger partial charge is 0.258 e. The Hall–Kier alpha value is -0.700. The van der Waals surface area contributed by atoms with Crippen molar-refractivity contribution in [3.05, 3.63) is 20.5 Å². The topological polar surface area (TPSA) is 89.3 Å². The third-order valence-electron chi connectivity index (χ3n) is 5.13. The fraction of sp³-hybridized carbons (Fsp3) is 0.667. The third-order valence-corrected chi connectivity index (χ3v) is 8.41.